The summed E-state index contributed by atoms with van der Waals surface area (Å²) in [4.78, 5) is 17.3. The third-order valence-corrected chi connectivity index (χ3v) is 5.97. The number of benzene rings is 1. The molecule has 1 saturated heterocycles. The summed E-state index contributed by atoms with van der Waals surface area (Å²) in [6, 6.07) is 6.43. The minimum atomic E-state index is 0.0321. The van der Waals surface area contributed by atoms with Crippen molar-refractivity contribution in [1.82, 2.24) is 10.1 Å². The number of carbonyl (C=O) groups is 1. The van der Waals surface area contributed by atoms with Gasteiger partial charge < -0.3 is 14.3 Å². The molecule has 1 aromatic heterocycles. The first-order chi connectivity index (χ1) is 12.5. The van der Waals surface area contributed by atoms with E-state index in [0.717, 1.165) is 56.8 Å². The molecule has 2 aliphatic rings. The van der Waals surface area contributed by atoms with Gasteiger partial charge >= 0.3 is 0 Å². The van der Waals surface area contributed by atoms with Crippen molar-refractivity contribution in [2.75, 3.05) is 31.1 Å². The van der Waals surface area contributed by atoms with E-state index < -0.39 is 0 Å². The maximum absolute atomic E-state index is 13.0. The summed E-state index contributed by atoms with van der Waals surface area (Å²) in [7, 11) is 0. The van der Waals surface area contributed by atoms with Crippen LogP contribution < -0.4 is 4.90 Å². The molecule has 0 radical (unpaired) electrons. The van der Waals surface area contributed by atoms with Crippen LogP contribution in [0.3, 0.4) is 0 Å². The van der Waals surface area contributed by atoms with Crippen molar-refractivity contribution in [2.24, 2.45) is 5.92 Å². The molecule has 5 heteroatoms. The number of carbonyl (C=O) groups excluding carboxylic acids is 1. The number of aryl methyl sites for hydroxylation is 2. The van der Waals surface area contributed by atoms with Gasteiger partial charge in [0.05, 0.1) is 0 Å². The number of hydrogen-bond donors (Lipinski definition) is 0. The largest absolute Gasteiger partial charge is 0.368 e. The molecule has 1 fully saturated rings. The van der Waals surface area contributed by atoms with E-state index in [1.165, 1.54) is 16.8 Å². The van der Waals surface area contributed by atoms with Crippen LogP contribution in [0, 0.1) is 19.8 Å². The van der Waals surface area contributed by atoms with Gasteiger partial charge in [0, 0.05) is 43.9 Å². The molecule has 1 unspecified atom stereocenters. The maximum atomic E-state index is 13.0. The Bertz CT molecular complexity index is 819. The van der Waals surface area contributed by atoms with Gasteiger partial charge in [0.2, 0.25) is 0 Å². The van der Waals surface area contributed by atoms with Crippen LogP contribution >= 0.6 is 0 Å². The predicted molar refractivity (Wildman–Crippen MR) is 102 cm³/mol. The molecule has 26 heavy (non-hydrogen) atoms. The second kappa shape index (κ2) is 6.78. The summed E-state index contributed by atoms with van der Waals surface area (Å²) in [5.74, 6) is 1.54. The van der Waals surface area contributed by atoms with E-state index in [9.17, 15) is 4.79 Å². The molecule has 1 amide bonds. The van der Waals surface area contributed by atoms with Gasteiger partial charge in [-0.15, -0.1) is 0 Å². The molecule has 5 nitrogen and oxygen atoms in total. The molecule has 1 aromatic carbocycles. The van der Waals surface area contributed by atoms with Crippen LogP contribution in [0.15, 0.2) is 22.7 Å². The third kappa shape index (κ3) is 3.00. The highest BCUT2D eigenvalue weighted by molar-refractivity contribution is 5.94. The van der Waals surface area contributed by atoms with Gasteiger partial charge in [0.25, 0.3) is 5.91 Å². The second-order valence-corrected chi connectivity index (χ2v) is 7.78. The highest BCUT2D eigenvalue weighted by Crippen LogP contribution is 2.29. The lowest BCUT2D eigenvalue weighted by Crippen LogP contribution is -2.49. The van der Waals surface area contributed by atoms with E-state index in [1.807, 2.05) is 4.90 Å². The van der Waals surface area contributed by atoms with Crippen molar-refractivity contribution >= 4 is 11.6 Å². The molecular formula is C21H27N3O2. The van der Waals surface area contributed by atoms with Crippen molar-refractivity contribution < 1.29 is 9.32 Å². The Hall–Kier alpha value is -2.30. The van der Waals surface area contributed by atoms with Crippen LogP contribution in [0.1, 0.15) is 46.3 Å². The van der Waals surface area contributed by atoms with E-state index in [4.69, 9.17) is 4.52 Å². The highest BCUT2D eigenvalue weighted by atomic mass is 16.5. The van der Waals surface area contributed by atoms with Gasteiger partial charge in [-0.25, -0.2) is 0 Å². The third-order valence-electron chi connectivity index (χ3n) is 5.97. The van der Waals surface area contributed by atoms with Crippen LogP contribution in [0.25, 0.3) is 0 Å². The summed E-state index contributed by atoms with van der Waals surface area (Å²) in [5.41, 5.74) is 5.51. The van der Waals surface area contributed by atoms with Gasteiger partial charge in [0.15, 0.2) is 5.69 Å². The average Bonchev–Trinajstić information content (AvgIpc) is 3.06. The second-order valence-electron chi connectivity index (χ2n) is 7.78. The van der Waals surface area contributed by atoms with Gasteiger partial charge in [-0.05, 0) is 49.8 Å². The van der Waals surface area contributed by atoms with Crippen LogP contribution in [0.2, 0.25) is 0 Å². The average molecular weight is 353 g/mol. The maximum Gasteiger partial charge on any atom is 0.276 e. The minimum Gasteiger partial charge on any atom is -0.368 e. The molecule has 0 spiro atoms. The zero-order valence-electron chi connectivity index (χ0n) is 15.9. The van der Waals surface area contributed by atoms with Gasteiger partial charge in [-0.3, -0.25) is 4.79 Å². The standard InChI is InChI=1S/C21H27N3O2/c1-14-7-8-19-17(13-14)20(22-26-19)21(25)24-11-9-23(10-12-24)18-6-4-5-15(2)16(18)3/h4-6,14H,7-13H2,1-3H3. The zero-order valence-corrected chi connectivity index (χ0v) is 15.9. The number of rotatable bonds is 2. The quantitative estimate of drug-likeness (QED) is 0.830. The monoisotopic (exact) mass is 353 g/mol. The van der Waals surface area contributed by atoms with Gasteiger partial charge in [-0.1, -0.05) is 24.2 Å². The van der Waals surface area contributed by atoms with E-state index in [1.54, 1.807) is 0 Å². The SMILES string of the molecule is Cc1cccc(N2CCN(C(=O)c3noc4c3CC(C)CC4)CC2)c1C. The van der Waals surface area contributed by atoms with Gasteiger partial charge in [-0.2, -0.15) is 0 Å². The number of fused-ring (bicyclic) bond motifs is 1. The van der Waals surface area contributed by atoms with Crippen molar-refractivity contribution in [3.8, 4) is 0 Å². The summed E-state index contributed by atoms with van der Waals surface area (Å²) in [5, 5.41) is 4.13. The Morgan fingerprint density at radius 3 is 2.73 bits per heavy atom. The Morgan fingerprint density at radius 1 is 1.19 bits per heavy atom. The zero-order chi connectivity index (χ0) is 18.3. The fraction of sp³-hybridized carbons (Fsp3) is 0.524. The van der Waals surface area contributed by atoms with Crippen LogP contribution in [-0.2, 0) is 12.8 Å². The molecule has 1 aliphatic carbocycles. The first-order valence-corrected chi connectivity index (χ1v) is 9.62. The fourth-order valence-electron chi connectivity index (χ4n) is 4.12. The highest BCUT2D eigenvalue weighted by Gasteiger charge is 2.31. The lowest BCUT2D eigenvalue weighted by Gasteiger charge is -2.37. The van der Waals surface area contributed by atoms with Crippen molar-refractivity contribution in [3.05, 3.63) is 46.3 Å². The molecular weight excluding hydrogens is 326 g/mol. The summed E-state index contributed by atoms with van der Waals surface area (Å²) < 4.78 is 5.46. The minimum absolute atomic E-state index is 0.0321. The molecule has 2 aromatic rings. The number of anilines is 1. The molecule has 2 heterocycles. The topological polar surface area (TPSA) is 49.6 Å². The van der Waals surface area contributed by atoms with E-state index in [2.05, 4.69) is 49.0 Å². The lowest BCUT2D eigenvalue weighted by atomic mass is 9.88. The summed E-state index contributed by atoms with van der Waals surface area (Å²) in [6.45, 7) is 9.71. The molecule has 4 rings (SSSR count). The first kappa shape index (κ1) is 17.1. The number of piperazine rings is 1. The van der Waals surface area contributed by atoms with Crippen LogP contribution in [0.5, 0.6) is 0 Å². The number of amides is 1. The smallest absolute Gasteiger partial charge is 0.276 e. The molecule has 138 valence electrons. The summed E-state index contributed by atoms with van der Waals surface area (Å²) in [6.07, 6.45) is 2.92. The van der Waals surface area contributed by atoms with Crippen molar-refractivity contribution in [3.63, 3.8) is 0 Å². The van der Waals surface area contributed by atoms with Crippen molar-refractivity contribution in [1.29, 1.82) is 0 Å². The number of nitrogens with zero attached hydrogens (tertiary/aromatic N) is 3. The molecule has 1 aliphatic heterocycles. The normalized spacial score (nSPS) is 20.2. The van der Waals surface area contributed by atoms with E-state index >= 15 is 0 Å². The van der Waals surface area contributed by atoms with E-state index in [-0.39, 0.29) is 5.91 Å². The Labute approximate surface area is 155 Å². The van der Waals surface area contributed by atoms with Crippen molar-refractivity contribution in [2.45, 2.75) is 40.0 Å². The number of hydrogen-bond acceptors (Lipinski definition) is 4. The Kier molecular flexibility index (Phi) is 4.47. The molecule has 1 atom stereocenters. The fourth-order valence-corrected chi connectivity index (χ4v) is 4.12. The molecule has 0 saturated carbocycles. The summed E-state index contributed by atoms with van der Waals surface area (Å²) >= 11 is 0. The van der Waals surface area contributed by atoms with E-state index in [0.29, 0.717) is 11.6 Å². The lowest BCUT2D eigenvalue weighted by molar-refractivity contribution is 0.0735. The first-order valence-electron chi connectivity index (χ1n) is 9.62. The predicted octanol–water partition coefficient (Wildman–Crippen LogP) is 3.38. The number of aromatic nitrogens is 1. The molecule has 0 bridgehead atoms. The molecule has 0 N–H and O–H groups in total. The Balaban J connectivity index is 1.46. The van der Waals surface area contributed by atoms with Gasteiger partial charge in [0.1, 0.15) is 5.76 Å². The van der Waals surface area contributed by atoms with Crippen LogP contribution in [0.4, 0.5) is 5.69 Å². The van der Waals surface area contributed by atoms with Crippen LogP contribution in [-0.4, -0.2) is 42.1 Å². The Morgan fingerprint density at radius 2 is 1.96 bits per heavy atom.